The van der Waals surface area contributed by atoms with Crippen molar-refractivity contribution < 1.29 is 0 Å². The smallest absolute Gasteiger partial charge is 0.000449 e. The second-order valence-electron chi connectivity index (χ2n) is 2.73. The van der Waals surface area contributed by atoms with Gasteiger partial charge in [-0.2, -0.15) is 0 Å². The minimum absolute atomic E-state index is 0.679. The highest BCUT2D eigenvalue weighted by Gasteiger charge is 2.15. The normalized spacial score (nSPS) is 30.1. The first-order chi connectivity index (χ1) is 4.38. The molecule has 0 aromatic carbocycles. The molecule has 0 heterocycles. The molecule has 0 heteroatoms. The molecule has 46 valence electrons. The summed E-state index contributed by atoms with van der Waals surface area (Å²) in [6, 6.07) is 0. The molecule has 2 aliphatic rings. The molecule has 0 aromatic heterocycles. The molecule has 0 spiro atoms. The van der Waals surface area contributed by atoms with Gasteiger partial charge < -0.3 is 0 Å². The summed E-state index contributed by atoms with van der Waals surface area (Å²) in [7, 11) is 0. The number of hydrogen-bond acceptors (Lipinski definition) is 0. The van der Waals surface area contributed by atoms with Gasteiger partial charge in [0, 0.05) is 0 Å². The summed E-state index contributed by atoms with van der Waals surface area (Å²) in [5, 5.41) is 0. The molecular weight excluding hydrogens is 108 g/mol. The maximum Gasteiger partial charge on any atom is -0.000449 e. The molecule has 0 saturated heterocycles. The third-order valence-corrected chi connectivity index (χ3v) is 2.08. The van der Waals surface area contributed by atoms with E-state index in [2.05, 4.69) is 31.2 Å². The third kappa shape index (κ3) is 0.593. The van der Waals surface area contributed by atoms with Crippen molar-refractivity contribution in [3.8, 4) is 0 Å². The van der Waals surface area contributed by atoms with Gasteiger partial charge in [0.1, 0.15) is 0 Å². The van der Waals surface area contributed by atoms with E-state index in [0.29, 0.717) is 5.92 Å². The summed E-state index contributed by atoms with van der Waals surface area (Å²) in [6.07, 6.45) is 10.2. The average molecular weight is 118 g/mol. The summed E-state index contributed by atoms with van der Waals surface area (Å²) in [5.41, 5.74) is 3.07. The molecule has 1 unspecified atom stereocenters. The quantitative estimate of drug-likeness (QED) is 0.458. The van der Waals surface area contributed by atoms with Crippen molar-refractivity contribution in [2.24, 2.45) is 5.92 Å². The fourth-order valence-electron chi connectivity index (χ4n) is 1.51. The van der Waals surface area contributed by atoms with Gasteiger partial charge in [0.25, 0.3) is 0 Å². The van der Waals surface area contributed by atoms with Crippen molar-refractivity contribution >= 4 is 0 Å². The monoisotopic (exact) mass is 118 g/mol. The average Bonchev–Trinajstić information content (AvgIpc) is 2.35. The fraction of sp³-hybridized carbons (Fsp3) is 0.333. The topological polar surface area (TPSA) is 0 Å². The Hall–Kier alpha value is -0.780. The Kier molecular flexibility index (Phi) is 0.895. The molecule has 2 rings (SSSR count). The molecule has 0 aliphatic heterocycles. The van der Waals surface area contributed by atoms with E-state index in [4.69, 9.17) is 0 Å². The van der Waals surface area contributed by atoms with Crippen molar-refractivity contribution in [3.05, 3.63) is 35.5 Å². The van der Waals surface area contributed by atoms with Gasteiger partial charge in [-0.25, -0.2) is 0 Å². The van der Waals surface area contributed by atoms with Gasteiger partial charge in [0.15, 0.2) is 0 Å². The maximum absolute atomic E-state index is 2.27. The lowest BCUT2D eigenvalue weighted by molar-refractivity contribution is 0.909. The zero-order valence-electron chi connectivity index (χ0n) is 5.59. The maximum atomic E-state index is 2.27. The molecule has 0 N–H and O–H groups in total. The van der Waals surface area contributed by atoms with E-state index in [1.807, 2.05) is 0 Å². The van der Waals surface area contributed by atoms with Gasteiger partial charge >= 0.3 is 0 Å². The van der Waals surface area contributed by atoms with Gasteiger partial charge in [-0.1, -0.05) is 31.2 Å². The van der Waals surface area contributed by atoms with Crippen LogP contribution in [0.1, 0.15) is 13.3 Å². The van der Waals surface area contributed by atoms with Crippen molar-refractivity contribution in [2.75, 3.05) is 0 Å². The Morgan fingerprint density at radius 1 is 1.44 bits per heavy atom. The van der Waals surface area contributed by atoms with Gasteiger partial charge in [-0.05, 0) is 23.5 Å². The van der Waals surface area contributed by atoms with Gasteiger partial charge in [-0.15, -0.1) is 0 Å². The van der Waals surface area contributed by atoms with Crippen molar-refractivity contribution in [1.29, 1.82) is 0 Å². The minimum atomic E-state index is 0.679. The zero-order chi connectivity index (χ0) is 6.27. The number of rotatable bonds is 0. The summed E-state index contributed by atoms with van der Waals surface area (Å²) >= 11 is 0. The second-order valence-corrected chi connectivity index (χ2v) is 2.73. The van der Waals surface area contributed by atoms with Crippen molar-refractivity contribution in [1.82, 2.24) is 0 Å². The summed E-state index contributed by atoms with van der Waals surface area (Å²) in [5.74, 6) is 0.679. The van der Waals surface area contributed by atoms with Crippen LogP contribution in [-0.4, -0.2) is 0 Å². The van der Waals surface area contributed by atoms with Crippen LogP contribution in [0.4, 0.5) is 0 Å². The van der Waals surface area contributed by atoms with E-state index in [-0.39, 0.29) is 0 Å². The van der Waals surface area contributed by atoms with Crippen molar-refractivity contribution in [3.63, 3.8) is 0 Å². The Bertz CT molecular complexity index is 216. The highest BCUT2D eigenvalue weighted by atomic mass is 14.2. The van der Waals surface area contributed by atoms with E-state index in [0.717, 1.165) is 6.42 Å². The van der Waals surface area contributed by atoms with Gasteiger partial charge in [0.2, 0.25) is 0 Å². The Morgan fingerprint density at radius 2 is 2.33 bits per heavy atom. The first kappa shape index (κ1) is 5.04. The number of allylic oxidation sites excluding steroid dienone is 6. The van der Waals surface area contributed by atoms with E-state index < -0.39 is 0 Å². The molecule has 0 fully saturated rings. The molecule has 0 radical (unpaired) electrons. The molecule has 2 aliphatic carbocycles. The Balaban J connectivity index is 2.41. The van der Waals surface area contributed by atoms with Gasteiger partial charge in [0.05, 0.1) is 0 Å². The fourth-order valence-corrected chi connectivity index (χ4v) is 1.51. The molecule has 0 nitrogen and oxygen atoms in total. The van der Waals surface area contributed by atoms with E-state index >= 15 is 0 Å². The highest BCUT2D eigenvalue weighted by molar-refractivity contribution is 5.47. The van der Waals surface area contributed by atoms with Crippen LogP contribution in [0.25, 0.3) is 0 Å². The first-order valence-corrected chi connectivity index (χ1v) is 3.46. The summed E-state index contributed by atoms with van der Waals surface area (Å²) in [4.78, 5) is 0. The van der Waals surface area contributed by atoms with Crippen LogP contribution in [0, 0.1) is 5.92 Å². The molecule has 1 atom stereocenters. The second kappa shape index (κ2) is 1.60. The van der Waals surface area contributed by atoms with Crippen LogP contribution < -0.4 is 0 Å². The molecule has 0 bridgehead atoms. The predicted octanol–water partition coefficient (Wildman–Crippen LogP) is 2.45. The molecule has 0 amide bonds. The molecule has 0 saturated carbocycles. The molecular formula is C9H10. The van der Waals surface area contributed by atoms with Crippen molar-refractivity contribution in [2.45, 2.75) is 13.3 Å². The lowest BCUT2D eigenvalue weighted by Gasteiger charge is -1.98. The van der Waals surface area contributed by atoms with Crippen LogP contribution in [0.15, 0.2) is 35.5 Å². The Labute approximate surface area is 55.6 Å². The van der Waals surface area contributed by atoms with Crippen LogP contribution in [0.2, 0.25) is 0 Å². The highest BCUT2D eigenvalue weighted by Crippen LogP contribution is 2.32. The van der Waals surface area contributed by atoms with Crippen LogP contribution in [0.3, 0.4) is 0 Å². The first-order valence-electron chi connectivity index (χ1n) is 3.46. The lowest BCUT2D eigenvalue weighted by Crippen LogP contribution is -1.85. The van der Waals surface area contributed by atoms with Crippen LogP contribution in [0.5, 0.6) is 0 Å². The Morgan fingerprint density at radius 3 is 3.11 bits per heavy atom. The molecule has 0 aromatic rings. The molecule has 9 heavy (non-hydrogen) atoms. The SMILES string of the molecule is CC1C=CC2=C1C=CC2. The third-order valence-electron chi connectivity index (χ3n) is 2.08. The van der Waals surface area contributed by atoms with Crippen LogP contribution in [-0.2, 0) is 0 Å². The summed E-state index contributed by atoms with van der Waals surface area (Å²) < 4.78 is 0. The van der Waals surface area contributed by atoms with E-state index in [9.17, 15) is 0 Å². The number of hydrogen-bond donors (Lipinski definition) is 0. The zero-order valence-corrected chi connectivity index (χ0v) is 5.59. The van der Waals surface area contributed by atoms with Gasteiger partial charge in [-0.3, -0.25) is 0 Å². The van der Waals surface area contributed by atoms with Crippen LogP contribution >= 0.6 is 0 Å². The standard InChI is InChI=1S/C9H10/c1-7-5-6-8-3-2-4-9(7)8/h2,4-7H,3H2,1H3. The minimum Gasteiger partial charge on any atom is -0.0798 e. The largest absolute Gasteiger partial charge is 0.0798 e. The predicted molar refractivity (Wildman–Crippen MR) is 39.1 cm³/mol. The summed E-state index contributed by atoms with van der Waals surface area (Å²) in [6.45, 7) is 2.24. The van der Waals surface area contributed by atoms with E-state index in [1.54, 1.807) is 0 Å². The van der Waals surface area contributed by atoms with E-state index in [1.165, 1.54) is 11.1 Å². The lowest BCUT2D eigenvalue weighted by atomic mass is 10.1.